The first kappa shape index (κ1) is 28.7. The summed E-state index contributed by atoms with van der Waals surface area (Å²) in [4.78, 5) is 31.4. The molecular weight excluding hydrogens is 585 g/mol. The molecule has 0 unspecified atom stereocenters. The third-order valence-electron chi connectivity index (χ3n) is 6.60. The summed E-state index contributed by atoms with van der Waals surface area (Å²) in [7, 11) is 2.83. The highest BCUT2D eigenvalue weighted by Gasteiger charge is 2.37. The number of carbonyl (C=O) groups is 2. The minimum atomic E-state index is -4.86. The van der Waals surface area contributed by atoms with Crippen molar-refractivity contribution < 1.29 is 37.0 Å². The fourth-order valence-corrected chi connectivity index (χ4v) is 6.24. The van der Waals surface area contributed by atoms with E-state index in [1.54, 1.807) is 6.92 Å². The van der Waals surface area contributed by atoms with E-state index in [4.69, 9.17) is 25.8 Å². The van der Waals surface area contributed by atoms with Crippen LogP contribution in [0, 0.1) is 0 Å². The summed E-state index contributed by atoms with van der Waals surface area (Å²) in [6.45, 7) is 1.82. The van der Waals surface area contributed by atoms with Gasteiger partial charge in [0.2, 0.25) is 0 Å². The molecule has 0 aliphatic heterocycles. The van der Waals surface area contributed by atoms with Gasteiger partial charge in [-0.3, -0.25) is 4.79 Å². The highest BCUT2D eigenvalue weighted by molar-refractivity contribution is 7.17. The van der Waals surface area contributed by atoms with Crippen LogP contribution in [0.15, 0.2) is 24.3 Å². The topological polar surface area (TPSA) is 104 Å². The molecular formula is C27H24ClF3N4O5S. The molecule has 1 N–H and O–H groups in total. The van der Waals surface area contributed by atoms with E-state index in [9.17, 15) is 22.8 Å². The number of benzene rings is 1. The van der Waals surface area contributed by atoms with E-state index >= 15 is 0 Å². The third-order valence-corrected chi connectivity index (χ3v) is 8.15. The van der Waals surface area contributed by atoms with Gasteiger partial charge in [-0.2, -0.15) is 18.3 Å². The summed E-state index contributed by atoms with van der Waals surface area (Å²) < 4.78 is 58.7. The Kier molecular flexibility index (Phi) is 7.84. The number of hydrogen-bond donors (Lipinski definition) is 1. The first-order valence-electron chi connectivity index (χ1n) is 12.6. The zero-order valence-corrected chi connectivity index (χ0v) is 23.7. The van der Waals surface area contributed by atoms with E-state index in [1.165, 1.54) is 43.8 Å². The van der Waals surface area contributed by atoms with Crippen LogP contribution in [0.2, 0.25) is 5.02 Å². The second-order valence-electron chi connectivity index (χ2n) is 9.08. The predicted molar refractivity (Wildman–Crippen MR) is 146 cm³/mol. The van der Waals surface area contributed by atoms with Crippen molar-refractivity contribution in [3.8, 4) is 22.8 Å². The van der Waals surface area contributed by atoms with Crippen LogP contribution in [-0.2, 0) is 23.8 Å². The highest BCUT2D eigenvalue weighted by atomic mass is 35.5. The van der Waals surface area contributed by atoms with Crippen molar-refractivity contribution in [1.82, 2.24) is 14.6 Å². The Morgan fingerprint density at radius 2 is 1.85 bits per heavy atom. The number of nitrogens with one attached hydrogen (secondary N) is 1. The number of alkyl halides is 3. The fourth-order valence-electron chi connectivity index (χ4n) is 4.72. The summed E-state index contributed by atoms with van der Waals surface area (Å²) in [5.74, 6) is -0.794. The number of esters is 1. The van der Waals surface area contributed by atoms with Crippen molar-refractivity contribution in [3.05, 3.63) is 56.7 Å². The predicted octanol–water partition coefficient (Wildman–Crippen LogP) is 6.46. The number of hydrogen-bond acceptors (Lipinski definition) is 8. The molecule has 0 atom stereocenters. The van der Waals surface area contributed by atoms with E-state index in [0.717, 1.165) is 35.8 Å². The first-order valence-corrected chi connectivity index (χ1v) is 13.8. The van der Waals surface area contributed by atoms with E-state index in [2.05, 4.69) is 15.4 Å². The van der Waals surface area contributed by atoms with Gasteiger partial charge in [-0.15, -0.1) is 11.3 Å². The van der Waals surface area contributed by atoms with Crippen molar-refractivity contribution >= 4 is 45.5 Å². The van der Waals surface area contributed by atoms with E-state index < -0.39 is 29.4 Å². The molecule has 0 saturated heterocycles. The maximum atomic E-state index is 14.2. The maximum Gasteiger partial charge on any atom is 0.433 e. The second-order valence-corrected chi connectivity index (χ2v) is 10.6. The molecule has 0 bridgehead atoms. The summed E-state index contributed by atoms with van der Waals surface area (Å²) in [6.07, 6.45) is -1.64. The van der Waals surface area contributed by atoms with Crippen molar-refractivity contribution in [2.75, 3.05) is 26.1 Å². The standard InChI is InChI=1S/C27H24ClF3N4O5S/c1-4-40-26(37)20-14-7-5-6-8-18(14)41-25(20)33-24(36)22-21(28)23-32-15(12-19(27(29,30)31)35(23)34-22)13-9-10-16(38-2)17(11-13)39-3/h9-12H,4-8H2,1-3H3,(H,33,36). The van der Waals surface area contributed by atoms with Crippen LogP contribution in [-0.4, -0.2) is 47.3 Å². The number of aryl methyl sites for hydroxylation is 1. The number of anilines is 1. The number of ether oxygens (including phenoxy) is 3. The largest absolute Gasteiger partial charge is 0.493 e. The van der Waals surface area contributed by atoms with Crippen LogP contribution < -0.4 is 14.8 Å². The lowest BCUT2D eigenvalue weighted by Gasteiger charge is -2.12. The Morgan fingerprint density at radius 1 is 1.12 bits per heavy atom. The minimum absolute atomic E-state index is 0.0740. The van der Waals surface area contributed by atoms with Crippen LogP contribution in [0.4, 0.5) is 18.2 Å². The van der Waals surface area contributed by atoms with E-state index in [-0.39, 0.29) is 39.3 Å². The summed E-state index contributed by atoms with van der Waals surface area (Å²) in [5, 5.41) is 6.39. The molecule has 0 saturated carbocycles. The molecule has 41 heavy (non-hydrogen) atoms. The number of halogens is 4. The molecule has 3 aromatic heterocycles. The van der Waals surface area contributed by atoms with Crippen LogP contribution in [0.3, 0.4) is 0 Å². The van der Waals surface area contributed by atoms with Gasteiger partial charge in [0, 0.05) is 10.4 Å². The van der Waals surface area contributed by atoms with Gasteiger partial charge in [-0.1, -0.05) is 11.6 Å². The average Bonchev–Trinajstić information content (AvgIpc) is 3.48. The van der Waals surface area contributed by atoms with Crippen molar-refractivity contribution in [2.24, 2.45) is 0 Å². The Labute approximate surface area is 241 Å². The molecule has 9 nitrogen and oxygen atoms in total. The number of amides is 1. The molecule has 0 spiro atoms. The number of aromatic nitrogens is 3. The third kappa shape index (κ3) is 5.31. The zero-order chi connectivity index (χ0) is 29.5. The van der Waals surface area contributed by atoms with Gasteiger partial charge in [0.05, 0.1) is 32.1 Å². The van der Waals surface area contributed by atoms with E-state index in [0.29, 0.717) is 22.2 Å². The van der Waals surface area contributed by atoms with Crippen LogP contribution >= 0.6 is 22.9 Å². The Hall–Kier alpha value is -3.84. The number of fused-ring (bicyclic) bond motifs is 2. The van der Waals surface area contributed by atoms with Gasteiger partial charge in [0.15, 0.2) is 28.5 Å². The maximum absolute atomic E-state index is 14.2. The number of nitrogens with zero attached hydrogens (tertiary/aromatic N) is 3. The molecule has 1 aromatic carbocycles. The number of rotatable bonds is 7. The van der Waals surface area contributed by atoms with E-state index in [1.807, 2.05) is 0 Å². The van der Waals surface area contributed by atoms with Gasteiger partial charge in [-0.25, -0.2) is 14.3 Å². The monoisotopic (exact) mass is 608 g/mol. The quantitative estimate of drug-likeness (QED) is 0.240. The zero-order valence-electron chi connectivity index (χ0n) is 22.1. The lowest BCUT2D eigenvalue weighted by molar-refractivity contribution is -0.142. The van der Waals surface area contributed by atoms with Crippen LogP contribution in [0.5, 0.6) is 11.5 Å². The molecule has 5 rings (SSSR count). The molecule has 3 heterocycles. The minimum Gasteiger partial charge on any atom is -0.493 e. The second kappa shape index (κ2) is 11.2. The first-order chi connectivity index (χ1) is 19.6. The molecule has 216 valence electrons. The average molecular weight is 609 g/mol. The molecule has 1 aliphatic carbocycles. The SMILES string of the molecule is CCOC(=O)c1c(NC(=O)c2nn3c(C(F)(F)F)cc(-c4ccc(OC)c(OC)c4)nc3c2Cl)sc2c1CCCC2. The Balaban J connectivity index is 1.59. The van der Waals surface area contributed by atoms with Gasteiger partial charge in [0.1, 0.15) is 10.0 Å². The summed E-state index contributed by atoms with van der Waals surface area (Å²) >= 11 is 7.69. The lowest BCUT2D eigenvalue weighted by Crippen LogP contribution is -2.17. The van der Waals surface area contributed by atoms with Crippen molar-refractivity contribution in [1.29, 1.82) is 0 Å². The van der Waals surface area contributed by atoms with Crippen LogP contribution in [0.1, 0.15) is 56.7 Å². The molecule has 0 radical (unpaired) electrons. The number of thiophene rings is 1. The Morgan fingerprint density at radius 3 is 2.54 bits per heavy atom. The molecule has 14 heteroatoms. The van der Waals surface area contributed by atoms with Crippen LogP contribution in [0.25, 0.3) is 16.9 Å². The molecule has 4 aromatic rings. The van der Waals surface area contributed by atoms with Gasteiger partial charge in [0.25, 0.3) is 5.91 Å². The van der Waals surface area contributed by atoms with Crippen molar-refractivity contribution in [3.63, 3.8) is 0 Å². The van der Waals surface area contributed by atoms with Crippen molar-refractivity contribution in [2.45, 2.75) is 38.8 Å². The molecule has 1 amide bonds. The smallest absolute Gasteiger partial charge is 0.433 e. The fraction of sp³-hybridized carbons (Fsp3) is 0.333. The van der Waals surface area contributed by atoms with Gasteiger partial charge >= 0.3 is 12.1 Å². The van der Waals surface area contributed by atoms with Gasteiger partial charge in [-0.05, 0) is 62.4 Å². The Bertz CT molecular complexity index is 1670. The number of methoxy groups -OCH3 is 2. The number of carbonyl (C=O) groups excluding carboxylic acids is 2. The molecule has 1 aliphatic rings. The summed E-state index contributed by atoms with van der Waals surface area (Å²) in [5.41, 5.74) is -0.742. The normalized spacial score (nSPS) is 13.1. The molecule has 0 fully saturated rings. The summed E-state index contributed by atoms with van der Waals surface area (Å²) in [6, 6.07) is 5.34. The van der Waals surface area contributed by atoms with Gasteiger partial charge < -0.3 is 19.5 Å². The lowest BCUT2D eigenvalue weighted by atomic mass is 9.95. The highest BCUT2D eigenvalue weighted by Crippen LogP contribution is 2.40.